The SMILES string of the molecule is S=C(NC1CCCCC1)N1CCCCCCC1. The Bertz CT molecular complexity index is 228. The molecule has 0 aromatic heterocycles. The van der Waals surface area contributed by atoms with Gasteiger partial charge >= 0.3 is 0 Å². The van der Waals surface area contributed by atoms with E-state index in [4.69, 9.17) is 12.2 Å². The van der Waals surface area contributed by atoms with Crippen molar-refractivity contribution in [3.63, 3.8) is 0 Å². The number of likely N-dealkylation sites (tertiary alicyclic amines) is 1. The van der Waals surface area contributed by atoms with Crippen LogP contribution in [0.2, 0.25) is 0 Å². The molecule has 1 aliphatic heterocycles. The molecule has 0 radical (unpaired) electrons. The minimum atomic E-state index is 0.654. The fraction of sp³-hybridized carbons (Fsp3) is 0.929. The number of thiocarbonyl (C=S) groups is 1. The Morgan fingerprint density at radius 3 is 2.00 bits per heavy atom. The first-order valence-electron chi connectivity index (χ1n) is 7.42. The van der Waals surface area contributed by atoms with Gasteiger partial charge in [-0.1, -0.05) is 38.5 Å². The summed E-state index contributed by atoms with van der Waals surface area (Å²) in [5.74, 6) is 0. The molecule has 0 bridgehead atoms. The van der Waals surface area contributed by atoms with Gasteiger partial charge in [-0.2, -0.15) is 0 Å². The van der Waals surface area contributed by atoms with Gasteiger partial charge in [0, 0.05) is 19.1 Å². The van der Waals surface area contributed by atoms with E-state index in [1.54, 1.807) is 0 Å². The Balaban J connectivity index is 1.76. The van der Waals surface area contributed by atoms with Gasteiger partial charge in [-0.05, 0) is 37.9 Å². The van der Waals surface area contributed by atoms with Crippen molar-refractivity contribution in [2.75, 3.05) is 13.1 Å². The molecule has 1 aliphatic carbocycles. The van der Waals surface area contributed by atoms with Gasteiger partial charge in [-0.3, -0.25) is 0 Å². The number of rotatable bonds is 1. The monoisotopic (exact) mass is 254 g/mol. The van der Waals surface area contributed by atoms with E-state index in [1.165, 1.54) is 77.3 Å². The van der Waals surface area contributed by atoms with Crippen LogP contribution >= 0.6 is 12.2 Å². The zero-order valence-electron chi connectivity index (χ0n) is 10.9. The van der Waals surface area contributed by atoms with Crippen molar-refractivity contribution in [1.29, 1.82) is 0 Å². The van der Waals surface area contributed by atoms with E-state index < -0.39 is 0 Å². The molecule has 2 aliphatic rings. The molecule has 1 saturated carbocycles. The van der Waals surface area contributed by atoms with Crippen molar-refractivity contribution in [2.24, 2.45) is 0 Å². The first-order chi connectivity index (χ1) is 8.36. The van der Waals surface area contributed by atoms with Gasteiger partial charge in [-0.15, -0.1) is 0 Å². The molecular formula is C14H26N2S. The van der Waals surface area contributed by atoms with Crippen molar-refractivity contribution in [3.05, 3.63) is 0 Å². The van der Waals surface area contributed by atoms with Gasteiger partial charge < -0.3 is 10.2 Å². The molecule has 2 nitrogen and oxygen atoms in total. The van der Waals surface area contributed by atoms with Crippen LogP contribution in [0.25, 0.3) is 0 Å². The van der Waals surface area contributed by atoms with Crippen molar-refractivity contribution in [2.45, 2.75) is 70.3 Å². The lowest BCUT2D eigenvalue weighted by Gasteiger charge is -2.31. The van der Waals surface area contributed by atoms with Crippen LogP contribution in [0, 0.1) is 0 Å². The van der Waals surface area contributed by atoms with Crippen LogP contribution in [-0.2, 0) is 0 Å². The van der Waals surface area contributed by atoms with E-state index in [1.807, 2.05) is 0 Å². The van der Waals surface area contributed by atoms with Crippen LogP contribution in [0.1, 0.15) is 64.2 Å². The Labute approximate surface area is 111 Å². The molecule has 0 amide bonds. The highest BCUT2D eigenvalue weighted by Gasteiger charge is 2.17. The van der Waals surface area contributed by atoms with Crippen molar-refractivity contribution in [1.82, 2.24) is 10.2 Å². The first kappa shape index (κ1) is 13.1. The second kappa shape index (κ2) is 7.20. The van der Waals surface area contributed by atoms with Crippen molar-refractivity contribution in [3.8, 4) is 0 Å². The smallest absolute Gasteiger partial charge is 0.169 e. The lowest BCUT2D eigenvalue weighted by Crippen LogP contribution is -2.46. The van der Waals surface area contributed by atoms with Gasteiger partial charge in [0.1, 0.15) is 0 Å². The summed E-state index contributed by atoms with van der Waals surface area (Å²) < 4.78 is 0. The Morgan fingerprint density at radius 1 is 0.824 bits per heavy atom. The third kappa shape index (κ3) is 4.46. The maximum absolute atomic E-state index is 5.57. The number of hydrogen-bond acceptors (Lipinski definition) is 1. The molecule has 0 aromatic carbocycles. The molecule has 17 heavy (non-hydrogen) atoms. The third-order valence-electron chi connectivity index (χ3n) is 4.08. The van der Waals surface area contributed by atoms with Crippen LogP contribution in [0.15, 0.2) is 0 Å². The fourth-order valence-electron chi connectivity index (χ4n) is 2.96. The van der Waals surface area contributed by atoms with Gasteiger partial charge in [0.25, 0.3) is 0 Å². The summed E-state index contributed by atoms with van der Waals surface area (Å²) in [7, 11) is 0. The van der Waals surface area contributed by atoms with Gasteiger partial charge in [-0.25, -0.2) is 0 Å². The Kier molecular flexibility index (Phi) is 5.56. The summed E-state index contributed by atoms with van der Waals surface area (Å²) in [5, 5.41) is 4.62. The zero-order chi connectivity index (χ0) is 11.9. The largest absolute Gasteiger partial charge is 0.360 e. The summed E-state index contributed by atoms with van der Waals surface area (Å²) in [6.45, 7) is 2.33. The van der Waals surface area contributed by atoms with Crippen LogP contribution in [0.4, 0.5) is 0 Å². The topological polar surface area (TPSA) is 15.3 Å². The molecule has 2 fully saturated rings. The summed E-state index contributed by atoms with van der Waals surface area (Å²) in [5.41, 5.74) is 0. The molecule has 98 valence electrons. The second-order valence-electron chi connectivity index (χ2n) is 5.54. The molecule has 1 heterocycles. The standard InChI is InChI=1S/C14H26N2S/c17-14(15-13-9-5-4-6-10-13)16-11-7-2-1-3-8-12-16/h13H,1-12H2,(H,15,17). The first-order valence-corrected chi connectivity index (χ1v) is 7.82. The number of nitrogens with zero attached hydrogens (tertiary/aromatic N) is 1. The van der Waals surface area contributed by atoms with Crippen molar-refractivity contribution >= 4 is 17.3 Å². The van der Waals surface area contributed by atoms with Crippen LogP contribution in [0.3, 0.4) is 0 Å². The summed E-state index contributed by atoms with van der Waals surface area (Å²) in [6, 6.07) is 0.654. The molecule has 1 N–H and O–H groups in total. The van der Waals surface area contributed by atoms with Crippen LogP contribution < -0.4 is 5.32 Å². The Hall–Kier alpha value is -0.310. The normalized spacial score (nSPS) is 23.9. The molecule has 0 spiro atoms. The third-order valence-corrected chi connectivity index (χ3v) is 4.45. The highest BCUT2D eigenvalue weighted by molar-refractivity contribution is 7.80. The van der Waals surface area contributed by atoms with E-state index in [0.29, 0.717) is 6.04 Å². The van der Waals surface area contributed by atoms with E-state index >= 15 is 0 Å². The van der Waals surface area contributed by atoms with Crippen LogP contribution in [0.5, 0.6) is 0 Å². The lowest BCUT2D eigenvalue weighted by atomic mass is 9.96. The maximum atomic E-state index is 5.57. The highest BCUT2D eigenvalue weighted by atomic mass is 32.1. The molecule has 1 saturated heterocycles. The zero-order valence-corrected chi connectivity index (χ0v) is 11.7. The van der Waals surface area contributed by atoms with E-state index in [0.717, 1.165) is 5.11 Å². The summed E-state index contributed by atoms with van der Waals surface area (Å²) in [4.78, 5) is 2.41. The quantitative estimate of drug-likeness (QED) is 0.721. The average molecular weight is 254 g/mol. The second-order valence-corrected chi connectivity index (χ2v) is 5.93. The minimum Gasteiger partial charge on any atom is -0.360 e. The lowest BCUT2D eigenvalue weighted by molar-refractivity contribution is 0.340. The summed E-state index contributed by atoms with van der Waals surface area (Å²) in [6.07, 6.45) is 13.6. The molecule has 0 atom stereocenters. The Morgan fingerprint density at radius 2 is 1.35 bits per heavy atom. The van der Waals surface area contributed by atoms with E-state index in [-0.39, 0.29) is 0 Å². The number of nitrogens with one attached hydrogen (secondary N) is 1. The molecule has 0 unspecified atom stereocenters. The van der Waals surface area contributed by atoms with E-state index in [2.05, 4.69) is 10.2 Å². The van der Waals surface area contributed by atoms with Gasteiger partial charge in [0.05, 0.1) is 0 Å². The predicted molar refractivity (Wildman–Crippen MR) is 77.3 cm³/mol. The highest BCUT2D eigenvalue weighted by Crippen LogP contribution is 2.18. The van der Waals surface area contributed by atoms with E-state index in [9.17, 15) is 0 Å². The fourth-order valence-corrected chi connectivity index (χ4v) is 3.31. The predicted octanol–water partition coefficient (Wildman–Crippen LogP) is 3.46. The number of hydrogen-bond donors (Lipinski definition) is 1. The summed E-state index contributed by atoms with van der Waals surface area (Å²) >= 11 is 5.57. The molecule has 3 heteroatoms. The minimum absolute atomic E-state index is 0.654. The van der Waals surface area contributed by atoms with Gasteiger partial charge in [0.15, 0.2) is 5.11 Å². The maximum Gasteiger partial charge on any atom is 0.169 e. The average Bonchev–Trinajstić information content (AvgIpc) is 2.29. The molecule has 2 rings (SSSR count). The van der Waals surface area contributed by atoms with Gasteiger partial charge in [0.2, 0.25) is 0 Å². The molecular weight excluding hydrogens is 228 g/mol. The van der Waals surface area contributed by atoms with Crippen LogP contribution in [-0.4, -0.2) is 29.1 Å². The molecule has 0 aromatic rings. The van der Waals surface area contributed by atoms with Crippen molar-refractivity contribution < 1.29 is 0 Å².